The average Bonchev–Trinajstić information content (AvgIpc) is 0.893. The molecule has 1 fully saturated rings. The summed E-state index contributed by atoms with van der Waals surface area (Å²) in [4.78, 5) is 0. The highest BCUT2D eigenvalue weighted by Crippen LogP contribution is 2.40. The molecule has 6 nitrogen and oxygen atoms in total. The molecule has 0 aromatic heterocycles. The molecule has 3 unspecified atom stereocenters. The predicted molar refractivity (Wildman–Crippen MR) is 462 cm³/mol. The molecule has 1 saturated carbocycles. The molecule has 1 aliphatic carbocycles. The maximum Gasteiger partial charge on any atom is 0.0773 e. The van der Waals surface area contributed by atoms with E-state index in [2.05, 4.69) is 277 Å². The van der Waals surface area contributed by atoms with Gasteiger partial charge in [0.1, 0.15) is 0 Å². The summed E-state index contributed by atoms with van der Waals surface area (Å²) in [5, 5.41) is 51.9. The van der Waals surface area contributed by atoms with Crippen LogP contribution in [0, 0.1) is 129 Å². The third-order valence-electron chi connectivity index (χ3n) is 17.8. The maximum absolute atomic E-state index is 9.03. The van der Waals surface area contributed by atoms with Gasteiger partial charge in [0.15, 0.2) is 0 Å². The highest BCUT2D eigenvalue weighted by atomic mass is 16.3. The molecule has 0 heterocycles. The van der Waals surface area contributed by atoms with Crippen molar-refractivity contribution in [3.05, 3.63) is 0 Å². The standard InChI is InChI=1S/C11H22.C8H18.2C7H16O.6C7H16.2C6H14O2.C6H14/c1-10(2)9-11(3)7-5-4-6-8-11;1-7(2)6-8(3,4)5;1-4-7(5-8)6(2)3;1-4-7(8)5-6(2)3;3*1-6(2)5-7(3)4;3*1-5-7(4)6(2)3;2*1-5(2)3-6(8)4-7;1-4-5-6(2)3/h10H,4-9H2,1-3H3;7H,6H2,1-5H3;2*6-8H,4-5H2,1-3H3;6*6-7H,5H2,1-4H3;2*5-8H,3-4H2,1-2H3;6H,4-5H2,1-3H3/t;;;;;;;2*7-;;2*6-;/m.......10.10./s1. The lowest BCUT2D eigenvalue weighted by atomic mass is 9.71. The van der Waals surface area contributed by atoms with E-state index >= 15 is 0 Å². The largest absolute Gasteiger partial charge is 0.396 e. The summed E-state index contributed by atoms with van der Waals surface area (Å²) < 4.78 is 0. The molecule has 0 spiro atoms. The van der Waals surface area contributed by atoms with Crippen LogP contribution < -0.4 is 0 Å². The molecular formula is C93H210O6. The molecule has 0 aromatic rings. The first-order chi connectivity index (χ1) is 44.9. The van der Waals surface area contributed by atoms with Crippen LogP contribution in [-0.2, 0) is 0 Å². The number of aliphatic hydroxyl groups excluding tert-OH is 6. The minimum Gasteiger partial charge on any atom is -0.396 e. The monoisotopic (exact) mass is 1420 g/mol. The van der Waals surface area contributed by atoms with Crippen molar-refractivity contribution in [2.24, 2.45) is 129 Å². The smallest absolute Gasteiger partial charge is 0.0773 e. The molecule has 0 radical (unpaired) electrons. The lowest BCUT2D eigenvalue weighted by molar-refractivity contribution is 0.0781. The molecule has 1 aliphatic rings. The molecule has 99 heavy (non-hydrogen) atoms. The van der Waals surface area contributed by atoms with E-state index in [0.717, 1.165) is 108 Å². The van der Waals surface area contributed by atoms with Crippen molar-refractivity contribution in [1.82, 2.24) is 0 Å². The number of hydrogen-bond donors (Lipinski definition) is 6. The second-order valence-electron chi connectivity index (χ2n) is 38.5. The van der Waals surface area contributed by atoms with Crippen LogP contribution in [0.15, 0.2) is 0 Å². The van der Waals surface area contributed by atoms with Crippen molar-refractivity contribution in [2.75, 3.05) is 19.8 Å². The highest BCUT2D eigenvalue weighted by Gasteiger charge is 2.27. The fraction of sp³-hybridized carbons (Fsp3) is 1.00. The van der Waals surface area contributed by atoms with E-state index in [4.69, 9.17) is 30.6 Å². The lowest BCUT2D eigenvalue weighted by Crippen LogP contribution is -2.21. The van der Waals surface area contributed by atoms with E-state index in [1.54, 1.807) is 0 Å². The molecule has 0 bridgehead atoms. The molecule has 1 rings (SSSR count). The first-order valence-electron chi connectivity index (χ1n) is 42.8. The zero-order valence-corrected chi connectivity index (χ0v) is 78.2. The zero-order valence-electron chi connectivity index (χ0n) is 78.2. The van der Waals surface area contributed by atoms with Gasteiger partial charge in [0.25, 0.3) is 0 Å². The van der Waals surface area contributed by atoms with Crippen LogP contribution in [0.25, 0.3) is 0 Å². The molecule has 6 N–H and O–H groups in total. The van der Waals surface area contributed by atoms with Crippen LogP contribution in [-0.4, -0.2) is 68.8 Å². The third kappa shape index (κ3) is 145. The fourth-order valence-corrected chi connectivity index (χ4v) is 11.4. The van der Waals surface area contributed by atoms with Gasteiger partial charge in [0.05, 0.1) is 31.5 Å². The van der Waals surface area contributed by atoms with Gasteiger partial charge in [-0.3, -0.25) is 0 Å². The summed E-state index contributed by atoms with van der Waals surface area (Å²) in [5.74, 6) is 15.9. The Labute approximate surface area is 634 Å². The quantitative estimate of drug-likeness (QED) is 0.0444. The molecule has 6 heteroatoms. The topological polar surface area (TPSA) is 121 Å². The van der Waals surface area contributed by atoms with Crippen LogP contribution in [0.3, 0.4) is 0 Å². The minimum absolute atomic E-state index is 0.0741. The summed E-state index contributed by atoms with van der Waals surface area (Å²) in [6, 6.07) is 0. The molecule has 0 saturated heterocycles. The minimum atomic E-state index is -0.519. The Bertz CT molecular complexity index is 1250. The van der Waals surface area contributed by atoms with Gasteiger partial charge in [-0.2, -0.15) is 0 Å². The zero-order chi connectivity index (χ0) is 81.5. The molecule has 0 aliphatic heterocycles. The van der Waals surface area contributed by atoms with Gasteiger partial charge >= 0.3 is 0 Å². The Morgan fingerprint density at radius 1 is 0.293 bits per heavy atom. The van der Waals surface area contributed by atoms with Crippen molar-refractivity contribution in [3.63, 3.8) is 0 Å². The number of rotatable bonds is 29. The summed E-state index contributed by atoms with van der Waals surface area (Å²) in [6.07, 6.45) is 24.1. The second-order valence-corrected chi connectivity index (χ2v) is 38.5. The Morgan fingerprint density at radius 2 is 0.556 bits per heavy atom. The summed E-state index contributed by atoms with van der Waals surface area (Å²) in [7, 11) is 0. The van der Waals surface area contributed by atoms with Crippen LogP contribution in [0.2, 0.25) is 0 Å². The van der Waals surface area contributed by atoms with E-state index in [0.29, 0.717) is 59.9 Å². The van der Waals surface area contributed by atoms with Crippen LogP contribution in [0.5, 0.6) is 0 Å². The van der Waals surface area contributed by atoms with Gasteiger partial charge in [-0.25, -0.2) is 0 Å². The van der Waals surface area contributed by atoms with Gasteiger partial charge in [0.2, 0.25) is 0 Å². The predicted octanol–water partition coefficient (Wildman–Crippen LogP) is 29.9. The first kappa shape index (κ1) is 125. The fourth-order valence-electron chi connectivity index (χ4n) is 11.4. The molecule has 0 aromatic carbocycles. The summed E-state index contributed by atoms with van der Waals surface area (Å²) >= 11 is 0. The van der Waals surface area contributed by atoms with Gasteiger partial charge in [-0.05, 0) is 200 Å². The van der Waals surface area contributed by atoms with E-state index in [1.807, 2.05) is 34.6 Å². The maximum atomic E-state index is 9.03. The summed E-state index contributed by atoms with van der Waals surface area (Å²) in [6.45, 7) is 101. The molecule has 618 valence electrons. The third-order valence-corrected chi connectivity index (χ3v) is 17.8. The van der Waals surface area contributed by atoms with Crippen molar-refractivity contribution >= 4 is 0 Å². The normalized spacial score (nSPS) is 14.6. The number of aliphatic hydroxyl groups is 6. The summed E-state index contributed by atoms with van der Waals surface area (Å²) in [5.41, 5.74) is 1.22. The van der Waals surface area contributed by atoms with Crippen LogP contribution >= 0.6 is 0 Å². The highest BCUT2D eigenvalue weighted by molar-refractivity contribution is 4.79. The Hall–Kier alpha value is -0.240. The van der Waals surface area contributed by atoms with Crippen molar-refractivity contribution in [3.8, 4) is 0 Å². The van der Waals surface area contributed by atoms with E-state index in [-0.39, 0.29) is 19.3 Å². The SMILES string of the molecule is CC(C)CC(C)(C)C.CC(C)CC(C)C.CC(C)CC(C)C.CC(C)CC(C)C.CC(C)CC1(C)CCCCC1.CC(C)C[C@@H](O)CO.CC(C)C[C@H](O)CO.CCC(C)C(C)C.CCC(CO)C(C)C.CCC(O)CC(C)C.CCCC(C)C.CC[C@@H](C)C(C)C.CC[C@H](C)C(C)C. The van der Waals surface area contributed by atoms with E-state index in [9.17, 15) is 0 Å². The Balaban J connectivity index is -0.0000000831. The van der Waals surface area contributed by atoms with Crippen molar-refractivity contribution in [2.45, 2.75) is 458 Å². The van der Waals surface area contributed by atoms with E-state index < -0.39 is 12.2 Å². The van der Waals surface area contributed by atoms with Gasteiger partial charge in [0, 0.05) is 6.61 Å². The van der Waals surface area contributed by atoms with Gasteiger partial charge in [-0.1, -0.05) is 369 Å². The number of hydrogen-bond acceptors (Lipinski definition) is 6. The van der Waals surface area contributed by atoms with Gasteiger partial charge in [-0.15, -0.1) is 0 Å². The van der Waals surface area contributed by atoms with Crippen molar-refractivity contribution in [1.29, 1.82) is 0 Å². The average molecular weight is 1420 g/mol. The lowest BCUT2D eigenvalue weighted by Gasteiger charge is -2.35. The Kier molecular flexibility index (Phi) is 108. The molecule has 7 atom stereocenters. The Morgan fingerprint density at radius 3 is 0.626 bits per heavy atom. The molecule has 0 amide bonds. The first-order valence-corrected chi connectivity index (χ1v) is 42.8. The van der Waals surface area contributed by atoms with Crippen LogP contribution in [0.1, 0.15) is 440 Å². The van der Waals surface area contributed by atoms with Crippen LogP contribution in [0.4, 0.5) is 0 Å². The molecular weight excluding hydrogens is 1210 g/mol. The van der Waals surface area contributed by atoms with E-state index in [1.165, 1.54) is 96.3 Å². The van der Waals surface area contributed by atoms with Gasteiger partial charge < -0.3 is 30.6 Å². The second kappa shape index (κ2) is 85.0. The van der Waals surface area contributed by atoms with Crippen molar-refractivity contribution < 1.29 is 30.6 Å².